The van der Waals surface area contributed by atoms with E-state index in [1.54, 1.807) is 26.0 Å². The lowest BCUT2D eigenvalue weighted by Crippen LogP contribution is -2.54. The first kappa shape index (κ1) is 30.1. The van der Waals surface area contributed by atoms with Crippen LogP contribution in [-0.2, 0) is 19.0 Å². The number of carbonyl (C=O) groups excluding carboxylic acids is 3. The number of hydrogen-bond acceptors (Lipinski definition) is 11. The van der Waals surface area contributed by atoms with Crippen molar-refractivity contribution in [3.8, 4) is 11.5 Å². The zero-order valence-corrected chi connectivity index (χ0v) is 24.5. The van der Waals surface area contributed by atoms with Crippen molar-refractivity contribution in [3.05, 3.63) is 57.6 Å². The number of benzene rings is 2. The molecule has 0 bridgehead atoms. The Balaban J connectivity index is 1.69. The largest absolute Gasteiger partial charge is 0.507 e. The second kappa shape index (κ2) is 11.1. The van der Waals surface area contributed by atoms with Gasteiger partial charge in [0.1, 0.15) is 17.4 Å². The number of aliphatic hydroxyl groups excluding tert-OH is 1. The molecule has 7 atom stereocenters. The summed E-state index contributed by atoms with van der Waals surface area (Å²) in [6, 6.07) is 5.74. The summed E-state index contributed by atoms with van der Waals surface area (Å²) in [6.45, 7) is 3.44. The summed E-state index contributed by atoms with van der Waals surface area (Å²) < 4.78 is 22.8. The van der Waals surface area contributed by atoms with Gasteiger partial charge in [0.05, 0.1) is 49.3 Å². The standard InChI is InChI=1S/C31H37NO10/c1-7-31(38)13-20(42-21-12-18(32(3)4)26(33)14(2)41-21)23-16(25(31)30(37)40-6)11-17-24(29(23)36)28(35)22-15(27(17)34)9-8-10-19(22)39-5/h8-11,14,18,20-21,25-26,33,36,38H,7,12-13H2,1-6H3/t14-,18-,20-,21-,25-,26+,31+/m0/s1. The lowest BCUT2D eigenvalue weighted by Gasteiger charge is -2.46. The van der Waals surface area contributed by atoms with Gasteiger partial charge < -0.3 is 39.2 Å². The molecule has 2 aliphatic carbocycles. The highest BCUT2D eigenvalue weighted by atomic mass is 16.7. The number of likely N-dealkylation sites (N-methyl/N-ethyl adjacent to an activating group) is 1. The Morgan fingerprint density at radius 3 is 2.48 bits per heavy atom. The maximum atomic E-state index is 13.9. The van der Waals surface area contributed by atoms with E-state index in [1.807, 2.05) is 19.0 Å². The number of methoxy groups -OCH3 is 2. The number of carbonyl (C=O) groups is 3. The molecule has 0 spiro atoms. The molecule has 5 rings (SSSR count). The van der Waals surface area contributed by atoms with Crippen LogP contribution >= 0.6 is 0 Å². The number of phenolic OH excluding ortho intramolecular Hbond substituents is 1. The highest BCUT2D eigenvalue weighted by molar-refractivity contribution is 6.30. The Kier molecular flexibility index (Phi) is 7.92. The highest BCUT2D eigenvalue weighted by Gasteiger charge is 2.53. The van der Waals surface area contributed by atoms with Gasteiger partial charge in [-0.1, -0.05) is 19.1 Å². The predicted molar refractivity (Wildman–Crippen MR) is 149 cm³/mol. The van der Waals surface area contributed by atoms with E-state index in [1.165, 1.54) is 26.4 Å². The number of aliphatic hydroxyl groups is 2. The van der Waals surface area contributed by atoms with Gasteiger partial charge in [-0.15, -0.1) is 0 Å². The third kappa shape index (κ3) is 4.60. The van der Waals surface area contributed by atoms with Gasteiger partial charge in [0.25, 0.3) is 0 Å². The summed E-state index contributed by atoms with van der Waals surface area (Å²) in [7, 11) is 6.25. The van der Waals surface area contributed by atoms with Crippen molar-refractivity contribution in [3.63, 3.8) is 0 Å². The number of phenols is 1. The van der Waals surface area contributed by atoms with Crippen LogP contribution < -0.4 is 4.74 Å². The summed E-state index contributed by atoms with van der Waals surface area (Å²) in [5.74, 6) is -3.49. The summed E-state index contributed by atoms with van der Waals surface area (Å²) in [4.78, 5) is 42.6. The fourth-order valence-electron chi connectivity index (χ4n) is 6.66. The molecule has 0 radical (unpaired) electrons. The van der Waals surface area contributed by atoms with Gasteiger partial charge in [-0.05, 0) is 45.1 Å². The van der Waals surface area contributed by atoms with Crippen LogP contribution in [0.3, 0.4) is 0 Å². The molecular formula is C31H37NO10. The Bertz CT molecular complexity index is 1440. The van der Waals surface area contributed by atoms with Gasteiger partial charge in [-0.2, -0.15) is 0 Å². The summed E-state index contributed by atoms with van der Waals surface area (Å²) >= 11 is 0. The van der Waals surface area contributed by atoms with E-state index in [0.717, 1.165) is 0 Å². The fraction of sp³-hybridized carbons (Fsp3) is 0.516. The molecular weight excluding hydrogens is 546 g/mol. The van der Waals surface area contributed by atoms with E-state index in [0.29, 0.717) is 0 Å². The molecule has 2 aromatic rings. The Morgan fingerprint density at radius 1 is 1.14 bits per heavy atom. The van der Waals surface area contributed by atoms with E-state index in [2.05, 4.69) is 0 Å². The van der Waals surface area contributed by atoms with E-state index in [-0.39, 0.29) is 64.4 Å². The number of aromatic hydroxyl groups is 1. The van der Waals surface area contributed by atoms with Crippen molar-refractivity contribution in [1.82, 2.24) is 4.90 Å². The molecule has 3 aliphatic rings. The average Bonchev–Trinajstić information content (AvgIpc) is 2.96. The molecule has 1 saturated heterocycles. The molecule has 0 unspecified atom stereocenters. The predicted octanol–water partition coefficient (Wildman–Crippen LogP) is 2.46. The minimum absolute atomic E-state index is 0.0304. The third-order valence-corrected chi connectivity index (χ3v) is 8.97. The maximum absolute atomic E-state index is 13.9. The van der Waals surface area contributed by atoms with Crippen molar-refractivity contribution < 1.29 is 48.7 Å². The zero-order valence-electron chi connectivity index (χ0n) is 24.5. The first-order valence-corrected chi connectivity index (χ1v) is 14.0. The molecule has 11 nitrogen and oxygen atoms in total. The molecule has 3 N–H and O–H groups in total. The van der Waals surface area contributed by atoms with Crippen LogP contribution in [0.25, 0.3) is 0 Å². The SMILES string of the molecule is CC[C@@]1(O)C[C@H](O[C@H]2C[C@H](N(C)C)[C@H](O)[C@H](C)O2)c2c(cc3c(c2O)C(=O)c2c(OC)cccc2C3=O)[C@H]1C(=O)OC. The molecule has 0 aromatic heterocycles. The average molecular weight is 584 g/mol. The van der Waals surface area contributed by atoms with Gasteiger partial charge in [-0.25, -0.2) is 0 Å². The Morgan fingerprint density at radius 2 is 1.86 bits per heavy atom. The minimum atomic E-state index is -1.67. The summed E-state index contributed by atoms with van der Waals surface area (Å²) in [5, 5.41) is 34.3. The van der Waals surface area contributed by atoms with E-state index < -0.39 is 59.4 Å². The van der Waals surface area contributed by atoms with Crippen molar-refractivity contribution in [2.45, 2.75) is 75.3 Å². The first-order chi connectivity index (χ1) is 19.9. The number of rotatable bonds is 6. The molecule has 0 saturated carbocycles. The van der Waals surface area contributed by atoms with Crippen LogP contribution in [-0.4, -0.2) is 96.2 Å². The van der Waals surface area contributed by atoms with Crippen molar-refractivity contribution in [1.29, 1.82) is 0 Å². The lowest BCUT2D eigenvalue weighted by molar-refractivity contribution is -0.258. The quantitative estimate of drug-likeness (QED) is 0.367. The zero-order chi connectivity index (χ0) is 30.7. The number of fused-ring (bicyclic) bond motifs is 3. The molecule has 0 amide bonds. The molecule has 226 valence electrons. The number of ether oxygens (including phenoxy) is 4. The van der Waals surface area contributed by atoms with Crippen LogP contribution in [0.4, 0.5) is 0 Å². The molecule has 1 fully saturated rings. The molecule has 42 heavy (non-hydrogen) atoms. The van der Waals surface area contributed by atoms with Crippen molar-refractivity contribution in [2.75, 3.05) is 28.3 Å². The van der Waals surface area contributed by atoms with E-state index in [9.17, 15) is 29.7 Å². The van der Waals surface area contributed by atoms with Crippen molar-refractivity contribution in [2.24, 2.45) is 0 Å². The number of hydrogen-bond donors (Lipinski definition) is 3. The third-order valence-electron chi connectivity index (χ3n) is 8.97. The number of esters is 1. The molecule has 2 aromatic carbocycles. The normalized spacial score (nSPS) is 30.4. The molecule has 11 heteroatoms. The molecule has 1 aliphatic heterocycles. The smallest absolute Gasteiger partial charge is 0.316 e. The Labute approximate surface area is 243 Å². The van der Waals surface area contributed by atoms with Crippen LogP contribution in [0.2, 0.25) is 0 Å². The van der Waals surface area contributed by atoms with E-state index >= 15 is 0 Å². The first-order valence-electron chi connectivity index (χ1n) is 14.0. The van der Waals surface area contributed by atoms with Gasteiger partial charge in [0, 0.05) is 35.6 Å². The van der Waals surface area contributed by atoms with Crippen LogP contribution in [0, 0.1) is 0 Å². The van der Waals surface area contributed by atoms with Gasteiger partial charge in [-0.3, -0.25) is 14.4 Å². The Hall–Kier alpha value is -3.35. The van der Waals surface area contributed by atoms with Gasteiger partial charge in [0.2, 0.25) is 5.78 Å². The lowest BCUT2D eigenvalue weighted by atomic mass is 9.67. The van der Waals surface area contributed by atoms with E-state index in [4.69, 9.17) is 18.9 Å². The second-order valence-electron chi connectivity index (χ2n) is 11.5. The van der Waals surface area contributed by atoms with Crippen molar-refractivity contribution >= 4 is 17.5 Å². The minimum Gasteiger partial charge on any atom is -0.507 e. The topological polar surface area (TPSA) is 152 Å². The monoisotopic (exact) mass is 583 g/mol. The second-order valence-corrected chi connectivity index (χ2v) is 11.5. The number of nitrogens with zero attached hydrogens (tertiary/aromatic N) is 1. The summed E-state index contributed by atoms with van der Waals surface area (Å²) in [6.07, 6.45) is -2.96. The molecule has 1 heterocycles. The maximum Gasteiger partial charge on any atom is 0.316 e. The van der Waals surface area contributed by atoms with Gasteiger partial charge in [0.15, 0.2) is 12.1 Å². The summed E-state index contributed by atoms with van der Waals surface area (Å²) in [5.41, 5.74) is -1.62. The highest BCUT2D eigenvalue weighted by Crippen LogP contribution is 2.54. The van der Waals surface area contributed by atoms with Crippen LogP contribution in [0.5, 0.6) is 11.5 Å². The fourth-order valence-corrected chi connectivity index (χ4v) is 6.66. The van der Waals surface area contributed by atoms with Crippen LogP contribution in [0.1, 0.15) is 88.1 Å². The van der Waals surface area contributed by atoms with Gasteiger partial charge >= 0.3 is 5.97 Å². The number of ketones is 2. The van der Waals surface area contributed by atoms with Crippen LogP contribution in [0.15, 0.2) is 24.3 Å².